The van der Waals surface area contributed by atoms with E-state index in [4.69, 9.17) is 12.2 Å². The Morgan fingerprint density at radius 3 is 2.48 bits per heavy atom. The van der Waals surface area contributed by atoms with Gasteiger partial charge in [0.2, 0.25) is 0 Å². The van der Waals surface area contributed by atoms with Crippen LogP contribution in [0.5, 0.6) is 0 Å². The van der Waals surface area contributed by atoms with Crippen molar-refractivity contribution in [3.05, 3.63) is 48.5 Å². The Kier molecular flexibility index (Phi) is 4.25. The maximum Gasteiger partial charge on any atom is 0.416 e. The van der Waals surface area contributed by atoms with E-state index in [1.807, 2.05) is 9.80 Å². The lowest BCUT2D eigenvalue weighted by atomic mass is 10.1. The topological polar surface area (TPSA) is 24.3 Å². The van der Waals surface area contributed by atoms with Crippen LogP contribution in [0, 0.1) is 0 Å². The van der Waals surface area contributed by atoms with Crippen LogP contribution in [0.2, 0.25) is 0 Å². The van der Waals surface area contributed by atoms with Gasteiger partial charge in [-0.2, -0.15) is 13.2 Å². The van der Waals surface area contributed by atoms with E-state index in [-0.39, 0.29) is 0 Å². The average Bonchev–Trinajstić information content (AvgIpc) is 3.08. The lowest BCUT2D eigenvalue weighted by Gasteiger charge is -2.37. The van der Waals surface area contributed by atoms with E-state index in [2.05, 4.69) is 4.98 Å². The zero-order valence-electron chi connectivity index (χ0n) is 12.2. The van der Waals surface area contributed by atoms with Crippen LogP contribution in [0.1, 0.15) is 5.56 Å². The van der Waals surface area contributed by atoms with E-state index in [0.717, 1.165) is 6.07 Å². The largest absolute Gasteiger partial charge is 0.416 e. The molecule has 2 heterocycles. The number of benzene rings is 1. The van der Waals surface area contributed by atoms with E-state index < -0.39 is 11.7 Å². The van der Waals surface area contributed by atoms with Crippen molar-refractivity contribution in [3.63, 3.8) is 0 Å². The maximum atomic E-state index is 12.8. The van der Waals surface area contributed by atoms with Gasteiger partial charge in [0, 0.05) is 44.3 Å². The van der Waals surface area contributed by atoms with Crippen molar-refractivity contribution in [2.45, 2.75) is 6.18 Å². The minimum absolute atomic E-state index is 0.591. The first kappa shape index (κ1) is 15.8. The van der Waals surface area contributed by atoms with Gasteiger partial charge in [0.25, 0.3) is 0 Å². The van der Waals surface area contributed by atoms with Gasteiger partial charge >= 0.3 is 6.18 Å². The standard InChI is InChI=1S/C15H15F3N4S/c16-15(17,18)12-2-1-3-13(10-12)20-6-8-21(9-7-20)14(23)22-5-4-19-11-22/h1-5,10-11H,6-9H2. The van der Waals surface area contributed by atoms with Gasteiger partial charge in [0.1, 0.15) is 6.33 Å². The number of imidazole rings is 1. The van der Waals surface area contributed by atoms with Crippen LogP contribution >= 0.6 is 12.2 Å². The fourth-order valence-electron chi connectivity index (χ4n) is 2.57. The molecule has 0 amide bonds. The lowest BCUT2D eigenvalue weighted by Crippen LogP contribution is -2.49. The summed E-state index contributed by atoms with van der Waals surface area (Å²) in [6, 6.07) is 5.44. The number of piperazine rings is 1. The number of thiocarbonyl (C=S) groups is 1. The fourth-order valence-corrected chi connectivity index (χ4v) is 2.86. The molecule has 8 heteroatoms. The van der Waals surface area contributed by atoms with Crippen LogP contribution in [0.25, 0.3) is 0 Å². The first-order valence-electron chi connectivity index (χ1n) is 7.14. The number of halogens is 3. The first-order chi connectivity index (χ1) is 10.9. The van der Waals surface area contributed by atoms with Crippen LogP contribution in [-0.4, -0.2) is 45.7 Å². The molecule has 122 valence electrons. The average molecular weight is 340 g/mol. The fraction of sp³-hybridized carbons (Fsp3) is 0.333. The molecule has 0 saturated carbocycles. The summed E-state index contributed by atoms with van der Waals surface area (Å²) in [4.78, 5) is 7.94. The third kappa shape index (κ3) is 3.47. The van der Waals surface area contributed by atoms with Gasteiger partial charge in [-0.25, -0.2) is 4.98 Å². The lowest BCUT2D eigenvalue weighted by molar-refractivity contribution is -0.137. The van der Waals surface area contributed by atoms with Crippen molar-refractivity contribution < 1.29 is 13.2 Å². The summed E-state index contributed by atoms with van der Waals surface area (Å²) in [6.07, 6.45) is 0.759. The monoisotopic (exact) mass is 340 g/mol. The Morgan fingerprint density at radius 1 is 1.13 bits per heavy atom. The van der Waals surface area contributed by atoms with E-state index >= 15 is 0 Å². The molecule has 0 radical (unpaired) electrons. The molecule has 4 nitrogen and oxygen atoms in total. The van der Waals surface area contributed by atoms with E-state index in [1.54, 1.807) is 29.4 Å². The Morgan fingerprint density at radius 2 is 1.87 bits per heavy atom. The van der Waals surface area contributed by atoms with Gasteiger partial charge in [-0.1, -0.05) is 6.07 Å². The summed E-state index contributed by atoms with van der Waals surface area (Å²) in [5, 5.41) is 0.659. The predicted molar refractivity (Wildman–Crippen MR) is 85.5 cm³/mol. The van der Waals surface area contributed by atoms with E-state index in [9.17, 15) is 13.2 Å². The molecule has 0 N–H and O–H groups in total. The van der Waals surface area contributed by atoms with Crippen molar-refractivity contribution in [1.82, 2.24) is 14.5 Å². The summed E-state index contributed by atoms with van der Waals surface area (Å²) >= 11 is 5.40. The van der Waals surface area contributed by atoms with Crippen LogP contribution in [0.4, 0.5) is 18.9 Å². The molecule has 3 rings (SSSR count). The van der Waals surface area contributed by atoms with Gasteiger partial charge in [0.15, 0.2) is 5.11 Å². The number of nitrogens with zero attached hydrogens (tertiary/aromatic N) is 4. The molecular weight excluding hydrogens is 325 g/mol. The number of hydrogen-bond acceptors (Lipinski definition) is 3. The SMILES string of the molecule is FC(F)(F)c1cccc(N2CCN(C(=S)n3ccnc3)CC2)c1. The van der Waals surface area contributed by atoms with Gasteiger partial charge < -0.3 is 9.80 Å². The molecule has 1 aliphatic rings. The zero-order chi connectivity index (χ0) is 16.4. The maximum absolute atomic E-state index is 12.8. The van der Waals surface area contributed by atoms with Gasteiger partial charge in [-0.15, -0.1) is 0 Å². The third-order valence-electron chi connectivity index (χ3n) is 3.81. The summed E-state index contributed by atoms with van der Waals surface area (Å²) < 4.78 is 40.2. The molecule has 1 aliphatic heterocycles. The molecular formula is C15H15F3N4S. The summed E-state index contributed by atoms with van der Waals surface area (Å²) in [6.45, 7) is 2.56. The molecule has 0 atom stereocenters. The van der Waals surface area contributed by atoms with Crippen molar-refractivity contribution in [2.75, 3.05) is 31.1 Å². The molecule has 0 bridgehead atoms. The van der Waals surface area contributed by atoms with Crippen molar-refractivity contribution in [2.24, 2.45) is 0 Å². The number of aromatic nitrogens is 2. The highest BCUT2D eigenvalue weighted by atomic mass is 32.1. The van der Waals surface area contributed by atoms with Crippen LogP contribution in [0.3, 0.4) is 0 Å². The van der Waals surface area contributed by atoms with Crippen LogP contribution < -0.4 is 4.90 Å². The number of anilines is 1. The van der Waals surface area contributed by atoms with Crippen molar-refractivity contribution in [1.29, 1.82) is 0 Å². The quantitative estimate of drug-likeness (QED) is 0.745. The Hall–Kier alpha value is -2.09. The molecule has 2 aromatic rings. The highest BCUT2D eigenvalue weighted by molar-refractivity contribution is 7.80. The second-order valence-corrected chi connectivity index (χ2v) is 5.64. The Bertz CT molecular complexity index is 676. The minimum atomic E-state index is -4.32. The summed E-state index contributed by atoms with van der Waals surface area (Å²) in [7, 11) is 0. The highest BCUT2D eigenvalue weighted by Crippen LogP contribution is 2.31. The Balaban J connectivity index is 1.66. The number of alkyl halides is 3. The van der Waals surface area contributed by atoms with Crippen LogP contribution in [-0.2, 0) is 6.18 Å². The van der Waals surface area contributed by atoms with Gasteiger partial charge in [-0.05, 0) is 30.4 Å². The van der Waals surface area contributed by atoms with E-state index in [1.165, 1.54) is 12.1 Å². The highest BCUT2D eigenvalue weighted by Gasteiger charge is 2.31. The van der Waals surface area contributed by atoms with Crippen molar-refractivity contribution in [3.8, 4) is 0 Å². The summed E-state index contributed by atoms with van der Waals surface area (Å²) in [5.74, 6) is 0. The smallest absolute Gasteiger partial charge is 0.368 e. The second-order valence-electron chi connectivity index (χ2n) is 5.27. The van der Waals surface area contributed by atoms with Crippen molar-refractivity contribution >= 4 is 23.0 Å². The molecule has 0 unspecified atom stereocenters. The summed E-state index contributed by atoms with van der Waals surface area (Å²) in [5.41, 5.74) is -0.0283. The minimum Gasteiger partial charge on any atom is -0.368 e. The van der Waals surface area contributed by atoms with Crippen LogP contribution in [0.15, 0.2) is 43.0 Å². The molecule has 0 spiro atoms. The molecule has 0 aliphatic carbocycles. The molecule has 1 fully saturated rings. The normalized spacial score (nSPS) is 15.8. The first-order valence-corrected chi connectivity index (χ1v) is 7.55. The second kappa shape index (κ2) is 6.19. The molecule has 23 heavy (non-hydrogen) atoms. The molecule has 1 aromatic carbocycles. The molecule has 1 saturated heterocycles. The van der Waals surface area contributed by atoms with E-state index in [0.29, 0.717) is 37.0 Å². The molecule has 1 aromatic heterocycles. The predicted octanol–water partition coefficient (Wildman–Crippen LogP) is 2.86. The Labute approximate surface area is 137 Å². The number of hydrogen-bond donors (Lipinski definition) is 0. The van der Waals surface area contributed by atoms with Gasteiger partial charge in [0.05, 0.1) is 5.56 Å². The zero-order valence-corrected chi connectivity index (χ0v) is 13.0. The number of rotatable bonds is 1. The van der Waals surface area contributed by atoms with Gasteiger partial charge in [-0.3, -0.25) is 4.57 Å². The third-order valence-corrected chi connectivity index (χ3v) is 4.28.